The quantitative estimate of drug-likeness (QED) is 0.795. The van der Waals surface area contributed by atoms with Crippen molar-refractivity contribution in [3.05, 3.63) is 41.5 Å². The van der Waals surface area contributed by atoms with Gasteiger partial charge in [0, 0.05) is 32.0 Å². The van der Waals surface area contributed by atoms with Crippen molar-refractivity contribution in [2.24, 2.45) is 5.92 Å². The van der Waals surface area contributed by atoms with Crippen molar-refractivity contribution in [1.29, 1.82) is 0 Å². The summed E-state index contributed by atoms with van der Waals surface area (Å²) in [4.78, 5) is 29.5. The summed E-state index contributed by atoms with van der Waals surface area (Å²) in [7, 11) is 0. The number of carboxylic acids is 1. The first kappa shape index (κ1) is 18.9. The Balaban J connectivity index is 1.59. The van der Waals surface area contributed by atoms with Gasteiger partial charge in [0.15, 0.2) is 6.61 Å². The lowest BCUT2D eigenvalue weighted by atomic mass is 9.93. The molecule has 2 aromatic rings. The number of ether oxygens (including phenoxy) is 1. The van der Waals surface area contributed by atoms with Crippen LogP contribution >= 0.6 is 0 Å². The van der Waals surface area contributed by atoms with E-state index in [-0.39, 0.29) is 24.9 Å². The maximum absolute atomic E-state index is 12.8. The van der Waals surface area contributed by atoms with Gasteiger partial charge >= 0.3 is 5.97 Å². The van der Waals surface area contributed by atoms with E-state index in [1.54, 1.807) is 36.1 Å². The molecule has 0 saturated carbocycles. The van der Waals surface area contributed by atoms with Crippen molar-refractivity contribution in [1.82, 2.24) is 15.0 Å². The van der Waals surface area contributed by atoms with Crippen LogP contribution in [0.15, 0.2) is 28.8 Å². The number of amides is 1. The molecule has 0 spiro atoms. The zero-order valence-electron chi connectivity index (χ0n) is 15.3. The number of aliphatic carboxylic acids is 1. The minimum Gasteiger partial charge on any atom is -0.485 e. The summed E-state index contributed by atoms with van der Waals surface area (Å²) < 4.78 is 10.5. The summed E-state index contributed by atoms with van der Waals surface area (Å²) in [5.41, 5.74) is 0.552. The average Bonchev–Trinajstić information content (AvgIpc) is 3.10. The van der Waals surface area contributed by atoms with Gasteiger partial charge in [-0.3, -0.25) is 9.59 Å². The number of carboxylic acid groups (broad SMARTS) is 1. The average molecular weight is 373 g/mol. The van der Waals surface area contributed by atoms with E-state index in [9.17, 15) is 9.59 Å². The van der Waals surface area contributed by atoms with Crippen molar-refractivity contribution in [2.75, 3.05) is 13.1 Å². The topological polar surface area (TPSA) is 106 Å². The highest BCUT2D eigenvalue weighted by Gasteiger charge is 2.25. The third-order valence-electron chi connectivity index (χ3n) is 4.59. The van der Waals surface area contributed by atoms with Gasteiger partial charge in [0.25, 0.3) is 5.91 Å². The van der Waals surface area contributed by atoms with Gasteiger partial charge in [0.1, 0.15) is 5.75 Å². The summed E-state index contributed by atoms with van der Waals surface area (Å²) in [5, 5.41) is 12.6. The zero-order chi connectivity index (χ0) is 19.2. The lowest BCUT2D eigenvalue weighted by Crippen LogP contribution is -2.40. The molecule has 0 bridgehead atoms. The molecular formula is C19H23N3O5. The molecule has 1 aliphatic rings. The molecule has 1 aliphatic heterocycles. The third kappa shape index (κ3) is 5.29. The Hall–Kier alpha value is -2.90. The highest BCUT2D eigenvalue weighted by molar-refractivity contribution is 5.94. The van der Waals surface area contributed by atoms with Crippen LogP contribution in [0.4, 0.5) is 0 Å². The first-order valence-corrected chi connectivity index (χ1v) is 9.04. The molecular weight excluding hydrogens is 350 g/mol. The van der Waals surface area contributed by atoms with Crippen LogP contribution in [-0.2, 0) is 11.4 Å². The monoisotopic (exact) mass is 373 g/mol. The number of aromatic nitrogens is 2. The molecule has 0 radical (unpaired) electrons. The second kappa shape index (κ2) is 8.66. The highest BCUT2D eigenvalue weighted by atomic mass is 16.5. The first-order valence-electron chi connectivity index (χ1n) is 9.04. The SMILES string of the molecule is Cc1nc(COc2cccc(C(=O)N3CCCC(CCC(=O)O)C3)c2)no1. The van der Waals surface area contributed by atoms with Gasteiger partial charge < -0.3 is 19.3 Å². The largest absolute Gasteiger partial charge is 0.485 e. The minimum absolute atomic E-state index is 0.0594. The fourth-order valence-corrected chi connectivity index (χ4v) is 3.26. The summed E-state index contributed by atoms with van der Waals surface area (Å²) >= 11 is 0. The van der Waals surface area contributed by atoms with Gasteiger partial charge in [-0.05, 0) is 43.4 Å². The van der Waals surface area contributed by atoms with Crippen LogP contribution in [0.2, 0.25) is 0 Å². The van der Waals surface area contributed by atoms with E-state index >= 15 is 0 Å². The van der Waals surface area contributed by atoms with Crippen LogP contribution in [0, 0.1) is 12.8 Å². The van der Waals surface area contributed by atoms with Gasteiger partial charge in [-0.25, -0.2) is 0 Å². The van der Waals surface area contributed by atoms with E-state index in [1.165, 1.54) is 0 Å². The van der Waals surface area contributed by atoms with E-state index in [1.807, 2.05) is 0 Å². The van der Waals surface area contributed by atoms with Crippen LogP contribution in [0.5, 0.6) is 5.75 Å². The summed E-state index contributed by atoms with van der Waals surface area (Å²) in [6.45, 7) is 3.16. The molecule has 1 N–H and O–H groups in total. The van der Waals surface area contributed by atoms with Gasteiger partial charge in [0.2, 0.25) is 11.7 Å². The Morgan fingerprint density at radius 1 is 1.41 bits per heavy atom. The second-order valence-electron chi connectivity index (χ2n) is 6.74. The molecule has 3 rings (SSSR count). The first-order chi connectivity index (χ1) is 13.0. The number of likely N-dealkylation sites (tertiary alicyclic amines) is 1. The molecule has 0 aliphatic carbocycles. The Bertz CT molecular complexity index is 804. The Morgan fingerprint density at radius 2 is 2.26 bits per heavy atom. The van der Waals surface area contributed by atoms with Crippen molar-refractivity contribution in [3.8, 4) is 5.75 Å². The van der Waals surface area contributed by atoms with Gasteiger partial charge in [-0.2, -0.15) is 4.98 Å². The number of piperidine rings is 1. The molecule has 2 heterocycles. The summed E-state index contributed by atoms with van der Waals surface area (Å²) in [6, 6.07) is 7.01. The number of aryl methyl sites for hydroxylation is 1. The molecule has 1 aromatic carbocycles. The number of benzene rings is 1. The fraction of sp³-hybridized carbons (Fsp3) is 0.474. The molecule has 1 saturated heterocycles. The van der Waals surface area contributed by atoms with Crippen molar-refractivity contribution < 1.29 is 24.0 Å². The Labute approximate surface area is 157 Å². The number of hydrogen-bond acceptors (Lipinski definition) is 6. The molecule has 1 amide bonds. The van der Waals surface area contributed by atoms with E-state index in [2.05, 4.69) is 10.1 Å². The molecule has 27 heavy (non-hydrogen) atoms. The van der Waals surface area contributed by atoms with E-state index in [0.29, 0.717) is 42.5 Å². The smallest absolute Gasteiger partial charge is 0.303 e. The van der Waals surface area contributed by atoms with Gasteiger partial charge in [0.05, 0.1) is 0 Å². The molecule has 144 valence electrons. The maximum atomic E-state index is 12.8. The van der Waals surface area contributed by atoms with Gasteiger partial charge in [-0.1, -0.05) is 11.2 Å². The van der Waals surface area contributed by atoms with Crippen LogP contribution in [0.25, 0.3) is 0 Å². The zero-order valence-corrected chi connectivity index (χ0v) is 15.3. The van der Waals surface area contributed by atoms with Crippen molar-refractivity contribution >= 4 is 11.9 Å². The van der Waals surface area contributed by atoms with Crippen molar-refractivity contribution in [3.63, 3.8) is 0 Å². The van der Waals surface area contributed by atoms with Gasteiger partial charge in [-0.15, -0.1) is 0 Å². The molecule has 1 fully saturated rings. The van der Waals surface area contributed by atoms with Crippen LogP contribution in [0.1, 0.15) is 47.8 Å². The molecule has 1 unspecified atom stereocenters. The van der Waals surface area contributed by atoms with Crippen LogP contribution in [0.3, 0.4) is 0 Å². The fourth-order valence-electron chi connectivity index (χ4n) is 3.26. The predicted molar refractivity (Wildman–Crippen MR) is 95.3 cm³/mol. The lowest BCUT2D eigenvalue weighted by Gasteiger charge is -2.32. The summed E-state index contributed by atoms with van der Waals surface area (Å²) in [6.07, 6.45) is 2.60. The van der Waals surface area contributed by atoms with E-state index < -0.39 is 5.97 Å². The Morgan fingerprint density at radius 3 is 3.00 bits per heavy atom. The molecule has 1 atom stereocenters. The number of nitrogens with zero attached hydrogens (tertiary/aromatic N) is 3. The Kier molecular flexibility index (Phi) is 6.05. The maximum Gasteiger partial charge on any atom is 0.303 e. The number of rotatable bonds is 7. The van der Waals surface area contributed by atoms with E-state index in [4.69, 9.17) is 14.4 Å². The predicted octanol–water partition coefficient (Wildman–Crippen LogP) is 2.67. The second-order valence-corrected chi connectivity index (χ2v) is 6.74. The summed E-state index contributed by atoms with van der Waals surface area (Å²) in [5.74, 6) is 0.861. The minimum atomic E-state index is -0.792. The van der Waals surface area contributed by atoms with Crippen molar-refractivity contribution in [2.45, 2.75) is 39.2 Å². The number of hydrogen-bond donors (Lipinski definition) is 1. The molecule has 8 heteroatoms. The van der Waals surface area contributed by atoms with Crippen LogP contribution < -0.4 is 4.74 Å². The van der Waals surface area contributed by atoms with Crippen LogP contribution in [-0.4, -0.2) is 45.1 Å². The normalized spacial score (nSPS) is 16.9. The number of carbonyl (C=O) groups is 2. The lowest BCUT2D eigenvalue weighted by molar-refractivity contribution is -0.137. The molecule has 8 nitrogen and oxygen atoms in total. The highest BCUT2D eigenvalue weighted by Crippen LogP contribution is 2.23. The third-order valence-corrected chi connectivity index (χ3v) is 4.59. The molecule has 1 aromatic heterocycles. The number of carbonyl (C=O) groups excluding carboxylic acids is 1. The standard InChI is InChI=1S/C19H23N3O5/c1-13-20-17(21-27-13)12-26-16-6-2-5-15(10-16)19(25)22-9-3-4-14(11-22)7-8-18(23)24/h2,5-6,10,14H,3-4,7-9,11-12H2,1H3,(H,23,24). The van der Waals surface area contributed by atoms with E-state index in [0.717, 1.165) is 12.8 Å².